The summed E-state index contributed by atoms with van der Waals surface area (Å²) < 4.78 is 12.3. The topological polar surface area (TPSA) is 101 Å². The molecule has 182 valence electrons. The Morgan fingerprint density at radius 2 is 1.83 bits per heavy atom. The molecule has 1 aliphatic heterocycles. The minimum Gasteiger partial charge on any atom is -0.497 e. The van der Waals surface area contributed by atoms with Gasteiger partial charge in [0.15, 0.2) is 5.82 Å². The van der Waals surface area contributed by atoms with Crippen LogP contribution < -0.4 is 15.2 Å². The average molecular weight is 476 g/mol. The van der Waals surface area contributed by atoms with Crippen molar-refractivity contribution in [2.45, 2.75) is 12.6 Å². The third kappa shape index (κ3) is 4.75. The maximum Gasteiger partial charge on any atom is 0.253 e. The Labute approximate surface area is 203 Å². The van der Waals surface area contributed by atoms with E-state index in [1.165, 1.54) is 5.69 Å². The molecule has 0 saturated carbocycles. The normalized spacial score (nSPS) is 15.4. The van der Waals surface area contributed by atoms with Crippen molar-refractivity contribution in [3.8, 4) is 5.75 Å². The van der Waals surface area contributed by atoms with E-state index < -0.39 is 6.04 Å². The number of para-hydroxylation sites is 1. The van der Waals surface area contributed by atoms with Crippen LogP contribution in [0.4, 0.5) is 5.69 Å². The lowest BCUT2D eigenvalue weighted by atomic mass is 10.0. The number of benzene rings is 2. The van der Waals surface area contributed by atoms with Crippen LogP contribution in [0.2, 0.25) is 0 Å². The summed E-state index contributed by atoms with van der Waals surface area (Å²) in [6, 6.07) is 17.6. The molecule has 1 aliphatic rings. The maximum atomic E-state index is 13.4. The van der Waals surface area contributed by atoms with Crippen LogP contribution in [0.15, 0.2) is 59.4 Å². The highest BCUT2D eigenvalue weighted by Crippen LogP contribution is 2.29. The van der Waals surface area contributed by atoms with E-state index in [1.54, 1.807) is 18.9 Å². The number of aromatic amines is 1. The van der Waals surface area contributed by atoms with Gasteiger partial charge in [-0.25, -0.2) is 4.68 Å². The first-order chi connectivity index (χ1) is 17.2. The molecule has 0 amide bonds. The van der Waals surface area contributed by atoms with E-state index in [2.05, 4.69) is 54.6 Å². The van der Waals surface area contributed by atoms with Gasteiger partial charge in [0, 0.05) is 50.6 Å². The molecule has 4 aromatic rings. The standard InChI is InChI=1S/C25H29N7O3/c1-34-15-14-32-24(27-28-29-32)23(31-12-10-30(11-13-31)19-6-4-3-5-7-19)21-16-18-8-9-20(35-2)17-22(18)26-25(21)33/h3-9,16-17,23H,10-15H2,1-2H3,(H,26,33). The van der Waals surface area contributed by atoms with Gasteiger partial charge >= 0.3 is 0 Å². The number of H-pyrrole nitrogens is 1. The number of methoxy groups -OCH3 is 2. The van der Waals surface area contributed by atoms with Crippen molar-refractivity contribution >= 4 is 16.6 Å². The molecule has 2 aromatic carbocycles. The van der Waals surface area contributed by atoms with Crippen molar-refractivity contribution < 1.29 is 9.47 Å². The van der Waals surface area contributed by atoms with E-state index in [9.17, 15) is 4.79 Å². The fraction of sp³-hybridized carbons (Fsp3) is 0.360. The van der Waals surface area contributed by atoms with E-state index in [0.717, 1.165) is 37.1 Å². The first-order valence-corrected chi connectivity index (χ1v) is 11.7. The number of piperazine rings is 1. The summed E-state index contributed by atoms with van der Waals surface area (Å²) in [4.78, 5) is 21.1. The Bertz CT molecular complexity index is 1330. The number of hydrogen-bond donors (Lipinski definition) is 1. The first kappa shape index (κ1) is 23.0. The third-order valence-corrected chi connectivity index (χ3v) is 6.49. The average Bonchev–Trinajstić information content (AvgIpc) is 3.36. The minimum absolute atomic E-state index is 0.164. The van der Waals surface area contributed by atoms with Crippen LogP contribution in [0.25, 0.3) is 10.9 Å². The molecule has 0 bridgehead atoms. The smallest absolute Gasteiger partial charge is 0.253 e. The molecular formula is C25H29N7O3. The first-order valence-electron chi connectivity index (χ1n) is 11.7. The van der Waals surface area contributed by atoms with Crippen LogP contribution in [0.3, 0.4) is 0 Å². The predicted octanol–water partition coefficient (Wildman–Crippen LogP) is 2.08. The molecular weight excluding hydrogens is 446 g/mol. The number of nitrogens with one attached hydrogen (secondary N) is 1. The zero-order valence-corrected chi connectivity index (χ0v) is 19.9. The Balaban J connectivity index is 1.52. The number of pyridine rings is 1. The van der Waals surface area contributed by atoms with Crippen LogP contribution in [0.5, 0.6) is 5.75 Å². The Morgan fingerprint density at radius 3 is 2.57 bits per heavy atom. The minimum atomic E-state index is -0.393. The summed E-state index contributed by atoms with van der Waals surface area (Å²) in [6.07, 6.45) is 0. The van der Waals surface area contributed by atoms with Gasteiger partial charge in [0.1, 0.15) is 11.8 Å². The summed E-state index contributed by atoms with van der Waals surface area (Å²) in [7, 11) is 3.26. The molecule has 10 heteroatoms. The highest BCUT2D eigenvalue weighted by Gasteiger charge is 2.32. The van der Waals surface area contributed by atoms with Gasteiger partial charge in [-0.1, -0.05) is 18.2 Å². The van der Waals surface area contributed by atoms with Gasteiger partial charge in [-0.05, 0) is 46.1 Å². The Kier molecular flexibility index (Phi) is 6.73. The number of aromatic nitrogens is 5. The fourth-order valence-corrected chi connectivity index (χ4v) is 4.65. The van der Waals surface area contributed by atoms with E-state index in [1.807, 2.05) is 30.3 Å². The number of tetrazole rings is 1. The zero-order chi connectivity index (χ0) is 24.2. The van der Waals surface area contributed by atoms with Crippen LogP contribution >= 0.6 is 0 Å². The Morgan fingerprint density at radius 1 is 1.03 bits per heavy atom. The second kappa shape index (κ2) is 10.2. The molecule has 10 nitrogen and oxygen atoms in total. The fourth-order valence-electron chi connectivity index (χ4n) is 4.65. The molecule has 2 aromatic heterocycles. The number of nitrogens with zero attached hydrogens (tertiary/aromatic N) is 6. The summed E-state index contributed by atoms with van der Waals surface area (Å²) in [5, 5.41) is 13.4. The van der Waals surface area contributed by atoms with Crippen molar-refractivity contribution in [1.82, 2.24) is 30.1 Å². The van der Waals surface area contributed by atoms with Gasteiger partial charge < -0.3 is 19.4 Å². The Hall–Kier alpha value is -3.76. The molecule has 5 rings (SSSR count). The van der Waals surface area contributed by atoms with Crippen LogP contribution in [0.1, 0.15) is 17.4 Å². The molecule has 1 fully saturated rings. The SMILES string of the molecule is COCCn1nnnc1C(c1cc2ccc(OC)cc2[nH]c1=O)N1CCN(c2ccccc2)CC1. The maximum absolute atomic E-state index is 13.4. The second-order valence-corrected chi connectivity index (χ2v) is 8.52. The zero-order valence-electron chi connectivity index (χ0n) is 19.9. The number of anilines is 1. The summed E-state index contributed by atoms with van der Waals surface area (Å²) in [5.74, 6) is 1.33. The van der Waals surface area contributed by atoms with Gasteiger partial charge in [0.2, 0.25) is 0 Å². The summed E-state index contributed by atoms with van der Waals surface area (Å²) >= 11 is 0. The van der Waals surface area contributed by atoms with Gasteiger partial charge in [-0.2, -0.15) is 0 Å². The molecule has 35 heavy (non-hydrogen) atoms. The van der Waals surface area contributed by atoms with Crippen LogP contribution in [0, 0.1) is 0 Å². The van der Waals surface area contributed by atoms with Crippen LogP contribution in [-0.2, 0) is 11.3 Å². The summed E-state index contributed by atoms with van der Waals surface area (Å²) in [6.45, 7) is 4.17. The van der Waals surface area contributed by atoms with Crippen LogP contribution in [-0.4, -0.2) is 77.1 Å². The molecule has 3 heterocycles. The number of hydrogen-bond acceptors (Lipinski definition) is 8. The van der Waals surface area contributed by atoms with Crippen molar-refractivity contribution in [2.24, 2.45) is 0 Å². The van der Waals surface area contributed by atoms with E-state index in [-0.39, 0.29) is 5.56 Å². The van der Waals surface area contributed by atoms with Gasteiger partial charge in [0.25, 0.3) is 5.56 Å². The lowest BCUT2D eigenvalue weighted by Gasteiger charge is -2.39. The van der Waals surface area contributed by atoms with Gasteiger partial charge in [-0.15, -0.1) is 5.10 Å². The quantitative estimate of drug-likeness (QED) is 0.413. The molecule has 1 saturated heterocycles. The van der Waals surface area contributed by atoms with E-state index in [4.69, 9.17) is 9.47 Å². The predicted molar refractivity (Wildman–Crippen MR) is 133 cm³/mol. The lowest BCUT2D eigenvalue weighted by molar-refractivity contribution is 0.171. The number of ether oxygens (including phenoxy) is 2. The monoisotopic (exact) mass is 475 g/mol. The van der Waals surface area contributed by atoms with Gasteiger partial charge in [-0.3, -0.25) is 9.69 Å². The summed E-state index contributed by atoms with van der Waals surface area (Å²) in [5.41, 5.74) is 2.38. The molecule has 1 N–H and O–H groups in total. The molecule has 1 atom stereocenters. The third-order valence-electron chi connectivity index (χ3n) is 6.49. The van der Waals surface area contributed by atoms with Crippen molar-refractivity contribution in [1.29, 1.82) is 0 Å². The van der Waals surface area contributed by atoms with E-state index >= 15 is 0 Å². The van der Waals surface area contributed by atoms with Crippen molar-refractivity contribution in [3.63, 3.8) is 0 Å². The van der Waals surface area contributed by atoms with Crippen molar-refractivity contribution in [2.75, 3.05) is 51.9 Å². The van der Waals surface area contributed by atoms with Gasteiger partial charge in [0.05, 0.1) is 25.8 Å². The highest BCUT2D eigenvalue weighted by atomic mass is 16.5. The number of rotatable bonds is 8. The molecule has 1 unspecified atom stereocenters. The lowest BCUT2D eigenvalue weighted by Crippen LogP contribution is -2.49. The van der Waals surface area contributed by atoms with E-state index in [0.29, 0.717) is 30.3 Å². The second-order valence-electron chi connectivity index (χ2n) is 8.52. The number of fused-ring (bicyclic) bond motifs is 1. The molecule has 0 radical (unpaired) electrons. The molecule has 0 spiro atoms. The molecule has 0 aliphatic carbocycles. The largest absolute Gasteiger partial charge is 0.497 e. The van der Waals surface area contributed by atoms with Crippen molar-refractivity contribution in [3.05, 3.63) is 76.3 Å². The highest BCUT2D eigenvalue weighted by molar-refractivity contribution is 5.80.